The van der Waals surface area contributed by atoms with Gasteiger partial charge in [0.25, 0.3) is 0 Å². The van der Waals surface area contributed by atoms with Crippen LogP contribution in [0.15, 0.2) is 11.1 Å². The van der Waals surface area contributed by atoms with Gasteiger partial charge in [-0.05, 0) is 20.8 Å². The molecule has 17 heavy (non-hydrogen) atoms. The summed E-state index contributed by atoms with van der Waals surface area (Å²) in [4.78, 5) is 28.3. The molecule has 7 nitrogen and oxygen atoms in total. The van der Waals surface area contributed by atoms with Crippen molar-refractivity contribution < 1.29 is 9.63 Å². The van der Waals surface area contributed by atoms with Crippen molar-refractivity contribution in [2.45, 2.75) is 26.3 Å². The molecule has 1 aromatic rings. The highest BCUT2D eigenvalue weighted by Crippen LogP contribution is 2.03. The number of aromatic nitrogens is 3. The lowest BCUT2D eigenvalue weighted by atomic mass is 10.1. The number of amides is 1. The summed E-state index contributed by atoms with van der Waals surface area (Å²) < 4.78 is 1.58. The Balaban J connectivity index is 2.87. The third kappa shape index (κ3) is 3.23. The van der Waals surface area contributed by atoms with Gasteiger partial charge in [0.05, 0.1) is 0 Å². The van der Waals surface area contributed by atoms with Crippen LogP contribution in [0.25, 0.3) is 0 Å². The Hall–Kier alpha value is -1.50. The van der Waals surface area contributed by atoms with Gasteiger partial charge in [0.2, 0.25) is 0 Å². The Morgan fingerprint density at radius 2 is 2.29 bits per heavy atom. The molecule has 1 amide bonds. The quantitative estimate of drug-likeness (QED) is 0.779. The number of hydrogen-bond acceptors (Lipinski definition) is 4. The summed E-state index contributed by atoms with van der Waals surface area (Å²) in [6, 6.07) is -0.640. The van der Waals surface area contributed by atoms with Crippen LogP contribution in [0.1, 0.15) is 20.8 Å². The minimum Gasteiger partial charge on any atom is -0.408 e. The first-order chi connectivity index (χ1) is 7.91. The molecule has 0 saturated carbocycles. The van der Waals surface area contributed by atoms with Crippen LogP contribution in [-0.2, 0) is 0 Å². The van der Waals surface area contributed by atoms with Crippen LogP contribution in [0, 0.1) is 0 Å². The third-order valence-corrected chi connectivity index (χ3v) is 2.55. The maximum absolute atomic E-state index is 11.7. The predicted octanol–water partition coefficient (Wildman–Crippen LogP) is 0.0684. The minimum atomic E-state index is -0.658. The second-order valence-electron chi connectivity index (χ2n) is 4.02. The van der Waals surface area contributed by atoms with Crippen LogP contribution in [0.2, 0.25) is 0 Å². The molecule has 0 saturated heterocycles. The van der Waals surface area contributed by atoms with E-state index in [1.165, 1.54) is 0 Å². The van der Waals surface area contributed by atoms with Crippen LogP contribution in [-0.4, -0.2) is 38.6 Å². The first-order valence-electron chi connectivity index (χ1n) is 5.09. The van der Waals surface area contributed by atoms with E-state index in [0.717, 1.165) is 11.1 Å². The summed E-state index contributed by atoms with van der Waals surface area (Å²) in [5.74, 6) is 0.222. The number of hydrogen-bond donors (Lipinski definition) is 1. The van der Waals surface area contributed by atoms with E-state index in [4.69, 9.17) is 16.4 Å². The largest absolute Gasteiger partial charge is 0.408 e. The summed E-state index contributed by atoms with van der Waals surface area (Å²) >= 11 is 5.67. The summed E-state index contributed by atoms with van der Waals surface area (Å²) in [6.45, 7) is 5.51. The van der Waals surface area contributed by atoms with Crippen molar-refractivity contribution in [3.8, 4) is 0 Å². The topological polar surface area (TPSA) is 78.2 Å². The molecule has 0 aliphatic heterocycles. The van der Waals surface area contributed by atoms with Crippen molar-refractivity contribution in [1.82, 2.24) is 19.8 Å². The molecule has 1 rings (SSSR count). The number of alkyl halides is 1. The van der Waals surface area contributed by atoms with Gasteiger partial charge in [0, 0.05) is 11.4 Å². The molecular formula is C9H15ClN4O3. The summed E-state index contributed by atoms with van der Waals surface area (Å²) in [6.07, 6.45) is 1.14. The molecule has 0 bridgehead atoms. The standard InChI is InChI=1S/C9H15ClN4O3/c1-4-17-13-6-11-14(8(13)16)7(15)12-9(2,3)5-10/h6H,4-5H2,1-3H3,(H,12,15). The molecule has 0 aliphatic carbocycles. The molecule has 0 aromatic carbocycles. The number of nitrogens with one attached hydrogen (secondary N) is 1. The highest BCUT2D eigenvalue weighted by Gasteiger charge is 2.22. The van der Waals surface area contributed by atoms with E-state index < -0.39 is 17.3 Å². The molecular weight excluding hydrogens is 248 g/mol. The normalized spacial score (nSPS) is 11.3. The number of rotatable bonds is 4. The van der Waals surface area contributed by atoms with E-state index in [2.05, 4.69) is 10.4 Å². The average molecular weight is 263 g/mol. The molecule has 1 heterocycles. The smallest absolute Gasteiger partial charge is 0.387 e. The van der Waals surface area contributed by atoms with Crippen LogP contribution < -0.4 is 15.8 Å². The minimum absolute atomic E-state index is 0.222. The summed E-state index contributed by atoms with van der Waals surface area (Å²) in [5, 5.41) is 6.22. The van der Waals surface area contributed by atoms with Gasteiger partial charge in [-0.2, -0.15) is 0 Å². The Labute approximate surface area is 103 Å². The Morgan fingerprint density at radius 3 is 2.82 bits per heavy atom. The number of carbonyl (C=O) groups excluding carboxylic acids is 1. The molecule has 0 spiro atoms. The van der Waals surface area contributed by atoms with Crippen LogP contribution in [0.5, 0.6) is 0 Å². The zero-order chi connectivity index (χ0) is 13.1. The van der Waals surface area contributed by atoms with E-state index in [1.54, 1.807) is 20.8 Å². The number of halogens is 1. The lowest BCUT2D eigenvalue weighted by Gasteiger charge is -2.22. The van der Waals surface area contributed by atoms with Crippen LogP contribution in [0.3, 0.4) is 0 Å². The highest BCUT2D eigenvalue weighted by atomic mass is 35.5. The number of nitrogens with zero attached hydrogens (tertiary/aromatic N) is 3. The van der Waals surface area contributed by atoms with Crippen molar-refractivity contribution >= 4 is 17.6 Å². The van der Waals surface area contributed by atoms with Crippen LogP contribution in [0.4, 0.5) is 4.79 Å². The van der Waals surface area contributed by atoms with E-state index >= 15 is 0 Å². The van der Waals surface area contributed by atoms with Gasteiger partial charge in [0.15, 0.2) is 6.33 Å². The monoisotopic (exact) mass is 262 g/mol. The number of carbonyl (C=O) groups is 1. The lowest BCUT2D eigenvalue weighted by Crippen LogP contribution is -2.49. The zero-order valence-corrected chi connectivity index (χ0v) is 10.7. The predicted molar refractivity (Wildman–Crippen MR) is 62.3 cm³/mol. The van der Waals surface area contributed by atoms with Gasteiger partial charge in [-0.25, -0.2) is 9.59 Å². The van der Waals surface area contributed by atoms with E-state index in [0.29, 0.717) is 11.3 Å². The van der Waals surface area contributed by atoms with Gasteiger partial charge >= 0.3 is 11.7 Å². The second kappa shape index (κ2) is 5.22. The van der Waals surface area contributed by atoms with Gasteiger partial charge in [0.1, 0.15) is 6.61 Å². The van der Waals surface area contributed by atoms with Gasteiger partial charge in [-0.15, -0.1) is 26.1 Å². The Bertz CT molecular complexity index is 451. The Kier molecular flexibility index (Phi) is 4.17. The third-order valence-electron chi connectivity index (χ3n) is 1.88. The molecule has 96 valence electrons. The van der Waals surface area contributed by atoms with Crippen molar-refractivity contribution in [2.24, 2.45) is 0 Å². The van der Waals surface area contributed by atoms with E-state index in [-0.39, 0.29) is 5.88 Å². The van der Waals surface area contributed by atoms with Gasteiger partial charge in [-0.3, -0.25) is 0 Å². The molecule has 8 heteroatoms. The lowest BCUT2D eigenvalue weighted by molar-refractivity contribution is 0.112. The molecule has 0 atom stereocenters. The van der Waals surface area contributed by atoms with Crippen molar-refractivity contribution in [1.29, 1.82) is 0 Å². The molecule has 0 unspecified atom stereocenters. The maximum Gasteiger partial charge on any atom is 0.387 e. The van der Waals surface area contributed by atoms with Gasteiger partial charge < -0.3 is 10.2 Å². The van der Waals surface area contributed by atoms with Crippen LogP contribution >= 0.6 is 11.6 Å². The zero-order valence-electron chi connectivity index (χ0n) is 9.94. The fraction of sp³-hybridized carbons (Fsp3) is 0.667. The molecule has 1 N–H and O–H groups in total. The fourth-order valence-electron chi connectivity index (χ4n) is 1.03. The molecule has 1 aromatic heterocycles. The summed E-state index contributed by atoms with van der Waals surface area (Å²) in [7, 11) is 0. The second-order valence-corrected chi connectivity index (χ2v) is 4.28. The first kappa shape index (κ1) is 13.6. The SMILES string of the molecule is CCOn1cnn(C(=O)NC(C)(C)CCl)c1=O. The first-order valence-corrected chi connectivity index (χ1v) is 5.63. The van der Waals surface area contributed by atoms with E-state index in [9.17, 15) is 9.59 Å². The average Bonchev–Trinajstić information content (AvgIpc) is 2.61. The Morgan fingerprint density at radius 1 is 1.65 bits per heavy atom. The molecule has 0 radical (unpaired) electrons. The molecule has 0 aliphatic rings. The molecule has 0 fully saturated rings. The fourth-order valence-corrected chi connectivity index (χ4v) is 1.10. The van der Waals surface area contributed by atoms with Crippen molar-refractivity contribution in [2.75, 3.05) is 12.5 Å². The van der Waals surface area contributed by atoms with E-state index in [1.807, 2.05) is 0 Å². The van der Waals surface area contributed by atoms with Crippen molar-refractivity contribution in [3.63, 3.8) is 0 Å². The summed E-state index contributed by atoms with van der Waals surface area (Å²) in [5.41, 5.74) is -1.28. The van der Waals surface area contributed by atoms with Crippen molar-refractivity contribution in [3.05, 3.63) is 16.8 Å². The van der Waals surface area contributed by atoms with Gasteiger partial charge in [-0.1, -0.05) is 0 Å². The highest BCUT2D eigenvalue weighted by molar-refractivity contribution is 6.18. The maximum atomic E-state index is 11.7.